The molecule has 8 heteroatoms. The second-order valence-electron chi connectivity index (χ2n) is 6.31. The molecule has 0 radical (unpaired) electrons. The van der Waals surface area contributed by atoms with Gasteiger partial charge in [-0.1, -0.05) is 28.9 Å². The Balaban J connectivity index is 1.43. The van der Waals surface area contributed by atoms with Crippen LogP contribution in [0.15, 0.2) is 65.7 Å². The normalized spacial score (nSPS) is 11.9. The summed E-state index contributed by atoms with van der Waals surface area (Å²) in [5, 5.41) is 7.99. The van der Waals surface area contributed by atoms with Crippen molar-refractivity contribution in [2.45, 2.75) is 19.4 Å². The average Bonchev–Trinajstić information content (AvgIpc) is 3.19. The van der Waals surface area contributed by atoms with Crippen molar-refractivity contribution in [2.75, 3.05) is 5.32 Å². The van der Waals surface area contributed by atoms with Crippen molar-refractivity contribution in [1.29, 1.82) is 0 Å². The Labute approximate surface area is 166 Å². The van der Waals surface area contributed by atoms with E-state index in [1.807, 2.05) is 24.3 Å². The number of pyridine rings is 1. The summed E-state index contributed by atoms with van der Waals surface area (Å²) in [6.07, 6.45) is 7.58. The first-order chi connectivity index (χ1) is 13.7. The highest BCUT2D eigenvalue weighted by atomic mass is 35.5. The van der Waals surface area contributed by atoms with E-state index in [9.17, 15) is 0 Å². The molecule has 140 valence electrons. The Morgan fingerprint density at radius 2 is 2.00 bits per heavy atom. The van der Waals surface area contributed by atoms with Gasteiger partial charge in [-0.05, 0) is 31.2 Å². The van der Waals surface area contributed by atoms with E-state index in [4.69, 9.17) is 16.1 Å². The average molecular weight is 393 g/mol. The zero-order chi connectivity index (χ0) is 19.3. The zero-order valence-electron chi connectivity index (χ0n) is 15.1. The molecule has 0 saturated carbocycles. The van der Waals surface area contributed by atoms with E-state index in [-0.39, 0.29) is 6.04 Å². The van der Waals surface area contributed by atoms with Crippen LogP contribution in [0.2, 0.25) is 5.02 Å². The van der Waals surface area contributed by atoms with E-state index in [0.29, 0.717) is 16.7 Å². The maximum atomic E-state index is 6.02. The van der Waals surface area contributed by atoms with Gasteiger partial charge in [0.2, 0.25) is 5.82 Å². The number of hydrogen-bond donors (Lipinski definition) is 1. The van der Waals surface area contributed by atoms with Crippen molar-refractivity contribution in [3.8, 4) is 22.8 Å². The summed E-state index contributed by atoms with van der Waals surface area (Å²) in [6.45, 7) is 2.07. The maximum absolute atomic E-state index is 6.02. The first-order valence-corrected chi connectivity index (χ1v) is 9.13. The molecule has 4 rings (SSSR count). The number of aromatic nitrogens is 5. The minimum absolute atomic E-state index is 0.160. The van der Waals surface area contributed by atoms with Crippen LogP contribution in [-0.4, -0.2) is 31.1 Å². The van der Waals surface area contributed by atoms with Crippen LogP contribution in [0.25, 0.3) is 22.8 Å². The van der Waals surface area contributed by atoms with Crippen LogP contribution in [0.5, 0.6) is 0 Å². The Hall–Kier alpha value is -3.32. The quantitative estimate of drug-likeness (QED) is 0.523. The number of rotatable bonds is 6. The van der Waals surface area contributed by atoms with Crippen LogP contribution < -0.4 is 5.32 Å². The molecule has 0 saturated heterocycles. The van der Waals surface area contributed by atoms with Crippen LogP contribution >= 0.6 is 11.6 Å². The lowest BCUT2D eigenvalue weighted by molar-refractivity contribution is 0.432. The molecule has 1 aromatic carbocycles. The van der Waals surface area contributed by atoms with E-state index in [1.165, 1.54) is 0 Å². The van der Waals surface area contributed by atoms with Crippen molar-refractivity contribution in [3.05, 3.63) is 71.9 Å². The Morgan fingerprint density at radius 1 is 1.07 bits per heavy atom. The molecule has 0 aliphatic heterocycles. The largest absolute Gasteiger partial charge is 0.367 e. The summed E-state index contributed by atoms with van der Waals surface area (Å²) in [5.74, 6) is 1.65. The summed E-state index contributed by atoms with van der Waals surface area (Å²) >= 11 is 6.02. The van der Waals surface area contributed by atoms with Crippen molar-refractivity contribution in [1.82, 2.24) is 25.1 Å². The number of anilines is 1. The Bertz CT molecular complexity index is 1050. The van der Waals surface area contributed by atoms with Gasteiger partial charge in [-0.25, -0.2) is 4.98 Å². The minimum atomic E-state index is 0.160. The fourth-order valence-corrected chi connectivity index (χ4v) is 2.93. The lowest BCUT2D eigenvalue weighted by Gasteiger charge is -2.13. The highest BCUT2D eigenvalue weighted by molar-refractivity contribution is 6.30. The van der Waals surface area contributed by atoms with Gasteiger partial charge in [-0.3, -0.25) is 9.97 Å². The lowest BCUT2D eigenvalue weighted by atomic mass is 10.2. The molecule has 3 aromatic heterocycles. The van der Waals surface area contributed by atoms with Gasteiger partial charge in [0, 0.05) is 47.8 Å². The van der Waals surface area contributed by atoms with Gasteiger partial charge in [0.1, 0.15) is 5.82 Å². The molecule has 4 aromatic rings. The van der Waals surface area contributed by atoms with Crippen molar-refractivity contribution in [3.63, 3.8) is 0 Å². The first-order valence-electron chi connectivity index (χ1n) is 8.75. The van der Waals surface area contributed by atoms with Crippen LogP contribution in [0.3, 0.4) is 0 Å². The molecule has 0 aliphatic rings. The third kappa shape index (κ3) is 4.32. The number of nitrogens with one attached hydrogen (secondary N) is 1. The van der Waals surface area contributed by atoms with Crippen LogP contribution in [0, 0.1) is 0 Å². The fraction of sp³-hybridized carbons (Fsp3) is 0.150. The smallest absolute Gasteiger partial charge is 0.259 e. The van der Waals surface area contributed by atoms with Gasteiger partial charge < -0.3 is 9.84 Å². The Morgan fingerprint density at radius 3 is 2.75 bits per heavy atom. The van der Waals surface area contributed by atoms with E-state index < -0.39 is 0 Å². The molecule has 0 unspecified atom stereocenters. The highest BCUT2D eigenvalue weighted by Gasteiger charge is 2.12. The molecule has 7 nitrogen and oxygen atoms in total. The van der Waals surface area contributed by atoms with E-state index >= 15 is 0 Å². The number of nitrogens with zero attached hydrogens (tertiary/aromatic N) is 5. The maximum Gasteiger partial charge on any atom is 0.259 e. The minimum Gasteiger partial charge on any atom is -0.367 e. The SMILES string of the molecule is C[C@@H](Cc1cnccn1)Nc1ccc(-c2nc(-c3cccc(Cl)c3)no2)cn1. The van der Waals surface area contributed by atoms with Crippen molar-refractivity contribution in [2.24, 2.45) is 0 Å². The molecule has 0 bridgehead atoms. The number of halogens is 1. The van der Waals surface area contributed by atoms with Gasteiger partial charge in [0.25, 0.3) is 5.89 Å². The summed E-state index contributed by atoms with van der Waals surface area (Å²) in [7, 11) is 0. The highest BCUT2D eigenvalue weighted by Crippen LogP contribution is 2.24. The molecular formula is C20H17ClN6O. The second-order valence-corrected chi connectivity index (χ2v) is 6.75. The summed E-state index contributed by atoms with van der Waals surface area (Å²) in [6, 6.07) is 11.2. The standard InChI is InChI=1S/C20H17ClN6O/c1-13(9-17-12-22-7-8-23-17)25-18-6-5-15(11-24-18)20-26-19(27-28-20)14-3-2-4-16(21)10-14/h2-8,10-13H,9H2,1H3,(H,24,25)/t13-/m0/s1. The zero-order valence-corrected chi connectivity index (χ0v) is 15.8. The molecule has 3 heterocycles. The topological polar surface area (TPSA) is 89.6 Å². The predicted octanol–water partition coefficient (Wildman–Crippen LogP) is 4.29. The molecular weight excluding hydrogens is 376 g/mol. The van der Waals surface area contributed by atoms with Crippen molar-refractivity contribution < 1.29 is 4.52 Å². The molecule has 1 N–H and O–H groups in total. The summed E-state index contributed by atoms with van der Waals surface area (Å²) < 4.78 is 5.37. The van der Waals surface area contributed by atoms with Crippen LogP contribution in [0.1, 0.15) is 12.6 Å². The van der Waals surface area contributed by atoms with Gasteiger partial charge >= 0.3 is 0 Å². The fourth-order valence-electron chi connectivity index (χ4n) is 2.74. The molecule has 0 spiro atoms. The lowest BCUT2D eigenvalue weighted by Crippen LogP contribution is -2.19. The number of benzene rings is 1. The molecule has 28 heavy (non-hydrogen) atoms. The predicted molar refractivity (Wildman–Crippen MR) is 107 cm³/mol. The second kappa shape index (κ2) is 8.14. The van der Waals surface area contributed by atoms with Crippen LogP contribution in [0.4, 0.5) is 5.82 Å². The first kappa shape index (κ1) is 18.1. The third-order valence-electron chi connectivity index (χ3n) is 4.05. The van der Waals surface area contributed by atoms with Gasteiger partial charge in [0.05, 0.1) is 11.3 Å². The summed E-state index contributed by atoms with van der Waals surface area (Å²) in [4.78, 5) is 17.2. The van der Waals surface area contributed by atoms with E-state index in [0.717, 1.165) is 29.1 Å². The van der Waals surface area contributed by atoms with Gasteiger partial charge in [-0.15, -0.1) is 0 Å². The summed E-state index contributed by atoms with van der Waals surface area (Å²) in [5.41, 5.74) is 2.47. The van der Waals surface area contributed by atoms with Crippen molar-refractivity contribution >= 4 is 17.4 Å². The van der Waals surface area contributed by atoms with E-state index in [2.05, 4.69) is 37.3 Å². The molecule has 0 fully saturated rings. The molecule has 0 amide bonds. The van der Waals surface area contributed by atoms with Gasteiger partial charge in [0.15, 0.2) is 0 Å². The van der Waals surface area contributed by atoms with Gasteiger partial charge in [-0.2, -0.15) is 4.98 Å². The third-order valence-corrected chi connectivity index (χ3v) is 4.28. The Kier molecular flexibility index (Phi) is 5.25. The molecule has 1 atom stereocenters. The van der Waals surface area contributed by atoms with Crippen LogP contribution in [-0.2, 0) is 6.42 Å². The number of hydrogen-bond acceptors (Lipinski definition) is 7. The molecule has 0 aliphatic carbocycles. The van der Waals surface area contributed by atoms with E-state index in [1.54, 1.807) is 36.9 Å². The monoisotopic (exact) mass is 392 g/mol.